The summed E-state index contributed by atoms with van der Waals surface area (Å²) in [7, 11) is 3.77. The summed E-state index contributed by atoms with van der Waals surface area (Å²) in [6, 6.07) is 14.7. The van der Waals surface area contributed by atoms with Crippen LogP contribution < -0.4 is 16.6 Å². The number of hydrogen-bond donors (Lipinski definition) is 1. The zero-order valence-electron chi connectivity index (χ0n) is 18.3. The molecular weight excluding hydrogens is 394 g/mol. The third-order valence-electron chi connectivity index (χ3n) is 4.99. The lowest BCUT2D eigenvalue weighted by molar-refractivity contribution is 0.0941. The first-order valence-electron chi connectivity index (χ1n) is 10.1. The average molecular weight is 422 g/mol. The van der Waals surface area contributed by atoms with Crippen molar-refractivity contribution in [3.05, 3.63) is 91.8 Å². The van der Waals surface area contributed by atoms with E-state index in [1.807, 2.05) is 69.2 Å². The van der Waals surface area contributed by atoms with E-state index in [-0.39, 0.29) is 12.2 Å². The molecule has 0 atom stereocenters. The first kappa shape index (κ1) is 22.2. The van der Waals surface area contributed by atoms with Crippen LogP contribution >= 0.6 is 0 Å². The summed E-state index contributed by atoms with van der Waals surface area (Å²) in [6.45, 7) is 4.86. The predicted molar refractivity (Wildman–Crippen MR) is 120 cm³/mol. The van der Waals surface area contributed by atoms with Gasteiger partial charge in [-0.1, -0.05) is 42.0 Å². The van der Waals surface area contributed by atoms with E-state index in [1.54, 1.807) is 12.1 Å². The van der Waals surface area contributed by atoms with Gasteiger partial charge in [0.25, 0.3) is 11.5 Å². The Morgan fingerprint density at radius 1 is 1.03 bits per heavy atom. The van der Waals surface area contributed by atoms with Crippen LogP contribution in [0.15, 0.2) is 58.1 Å². The zero-order valence-corrected chi connectivity index (χ0v) is 18.3. The molecule has 8 heteroatoms. The van der Waals surface area contributed by atoms with Crippen LogP contribution in [-0.2, 0) is 6.54 Å². The van der Waals surface area contributed by atoms with Crippen LogP contribution in [0.25, 0.3) is 5.69 Å². The van der Waals surface area contributed by atoms with Crippen molar-refractivity contribution in [1.82, 2.24) is 24.6 Å². The molecule has 0 saturated heterocycles. The second-order valence-electron chi connectivity index (χ2n) is 7.76. The van der Waals surface area contributed by atoms with Gasteiger partial charge in [-0.3, -0.25) is 14.2 Å². The molecule has 8 nitrogen and oxygen atoms in total. The molecule has 2 aromatic carbocycles. The minimum Gasteiger partial charge on any atom is -0.349 e. The van der Waals surface area contributed by atoms with Crippen LogP contribution in [0.5, 0.6) is 0 Å². The lowest BCUT2D eigenvalue weighted by Crippen LogP contribution is -2.46. The van der Waals surface area contributed by atoms with Crippen LogP contribution in [0.1, 0.15) is 27.2 Å². The standard InChI is InChI=1S/C23H27N5O3/c1-16-9-11-19(12-10-16)28-23(31)27(15-18-8-6-5-7-17(18)2)22(30)20(25-28)21(29)24-13-14-26(3)4/h5-12H,13-15H2,1-4H3,(H,24,29). The van der Waals surface area contributed by atoms with Crippen LogP contribution in [0.2, 0.25) is 0 Å². The Morgan fingerprint density at radius 3 is 2.35 bits per heavy atom. The van der Waals surface area contributed by atoms with Gasteiger partial charge in [0.05, 0.1) is 12.2 Å². The molecule has 0 bridgehead atoms. The first-order valence-corrected chi connectivity index (χ1v) is 10.1. The fourth-order valence-electron chi connectivity index (χ4n) is 3.09. The summed E-state index contributed by atoms with van der Waals surface area (Å²) in [5.41, 5.74) is 1.66. The predicted octanol–water partition coefficient (Wildman–Crippen LogP) is 1.35. The molecule has 1 heterocycles. The normalized spacial score (nSPS) is 11.0. The summed E-state index contributed by atoms with van der Waals surface area (Å²) >= 11 is 0. The Kier molecular flexibility index (Phi) is 6.81. The van der Waals surface area contributed by atoms with E-state index < -0.39 is 17.2 Å². The quantitative estimate of drug-likeness (QED) is 0.622. The molecule has 0 radical (unpaired) electrons. The fraction of sp³-hybridized carbons (Fsp3) is 0.304. The molecule has 0 aliphatic heterocycles. The molecular formula is C23H27N5O3. The largest absolute Gasteiger partial charge is 0.352 e. The van der Waals surface area contributed by atoms with Gasteiger partial charge in [0, 0.05) is 13.1 Å². The van der Waals surface area contributed by atoms with Gasteiger partial charge < -0.3 is 10.2 Å². The number of benzene rings is 2. The minimum atomic E-state index is -0.709. The molecule has 1 aromatic heterocycles. The summed E-state index contributed by atoms with van der Waals surface area (Å²) in [5, 5.41) is 6.85. The Morgan fingerprint density at radius 2 is 1.71 bits per heavy atom. The summed E-state index contributed by atoms with van der Waals surface area (Å²) in [6.07, 6.45) is 0. The Labute approximate surface area is 180 Å². The van der Waals surface area contributed by atoms with E-state index in [1.165, 1.54) is 0 Å². The Hall–Kier alpha value is -3.52. The molecule has 3 rings (SSSR count). The molecule has 0 saturated carbocycles. The number of amides is 1. The van der Waals surface area contributed by atoms with Gasteiger partial charge in [0.1, 0.15) is 0 Å². The van der Waals surface area contributed by atoms with E-state index in [4.69, 9.17) is 0 Å². The number of aromatic nitrogens is 3. The van der Waals surface area contributed by atoms with Gasteiger partial charge in [0.15, 0.2) is 0 Å². The number of rotatable bonds is 7. The zero-order chi connectivity index (χ0) is 22.5. The smallest absolute Gasteiger partial charge is 0.349 e. The lowest BCUT2D eigenvalue weighted by atomic mass is 10.1. The van der Waals surface area contributed by atoms with Crippen LogP contribution in [-0.4, -0.2) is 52.3 Å². The van der Waals surface area contributed by atoms with Gasteiger partial charge in [-0.25, -0.2) is 4.79 Å². The van der Waals surface area contributed by atoms with Crippen molar-refractivity contribution in [3.63, 3.8) is 0 Å². The Balaban J connectivity index is 2.12. The average Bonchev–Trinajstić information content (AvgIpc) is 2.73. The molecule has 0 unspecified atom stereocenters. The maximum atomic E-state index is 13.2. The highest BCUT2D eigenvalue weighted by atomic mass is 16.2. The fourth-order valence-corrected chi connectivity index (χ4v) is 3.09. The van der Waals surface area contributed by atoms with Gasteiger partial charge in [-0.05, 0) is 51.2 Å². The van der Waals surface area contributed by atoms with Gasteiger partial charge in [-0.15, -0.1) is 0 Å². The maximum absolute atomic E-state index is 13.2. The SMILES string of the molecule is Cc1ccc(-n2nc(C(=O)NCCN(C)C)c(=O)n(Cc3ccccc3C)c2=O)cc1. The molecule has 0 spiro atoms. The van der Waals surface area contributed by atoms with E-state index >= 15 is 0 Å². The molecule has 1 amide bonds. The van der Waals surface area contributed by atoms with Crippen molar-refractivity contribution in [2.24, 2.45) is 0 Å². The van der Waals surface area contributed by atoms with Crippen LogP contribution in [0.4, 0.5) is 0 Å². The molecule has 0 aliphatic carbocycles. The van der Waals surface area contributed by atoms with Gasteiger partial charge >= 0.3 is 5.69 Å². The second kappa shape index (κ2) is 9.53. The summed E-state index contributed by atoms with van der Waals surface area (Å²) in [5.74, 6) is -0.605. The number of likely N-dealkylation sites (N-methyl/N-ethyl adjacent to an activating group) is 1. The minimum absolute atomic E-state index is 0.0523. The van der Waals surface area contributed by atoms with E-state index in [2.05, 4.69) is 10.4 Å². The Bertz CT molecular complexity index is 1190. The third kappa shape index (κ3) is 5.16. The number of nitrogens with zero attached hydrogens (tertiary/aromatic N) is 4. The topological polar surface area (TPSA) is 89.2 Å². The second-order valence-corrected chi connectivity index (χ2v) is 7.76. The molecule has 0 fully saturated rings. The number of hydrogen-bond acceptors (Lipinski definition) is 5. The van der Waals surface area contributed by atoms with Crippen molar-refractivity contribution in [1.29, 1.82) is 0 Å². The number of nitrogens with one attached hydrogen (secondary N) is 1. The number of aryl methyl sites for hydroxylation is 2. The van der Waals surface area contributed by atoms with Crippen molar-refractivity contribution < 1.29 is 4.79 Å². The molecule has 1 N–H and O–H groups in total. The van der Waals surface area contributed by atoms with E-state index in [9.17, 15) is 14.4 Å². The lowest BCUT2D eigenvalue weighted by Gasteiger charge is -2.14. The van der Waals surface area contributed by atoms with Gasteiger partial charge in [-0.2, -0.15) is 9.78 Å². The summed E-state index contributed by atoms with van der Waals surface area (Å²) in [4.78, 5) is 41.0. The van der Waals surface area contributed by atoms with E-state index in [0.29, 0.717) is 18.8 Å². The maximum Gasteiger partial charge on any atom is 0.352 e. The molecule has 31 heavy (non-hydrogen) atoms. The highest BCUT2D eigenvalue weighted by Crippen LogP contribution is 2.09. The number of carbonyl (C=O) groups excluding carboxylic acids is 1. The molecule has 162 valence electrons. The van der Waals surface area contributed by atoms with Gasteiger partial charge in [0.2, 0.25) is 5.69 Å². The first-order chi connectivity index (χ1) is 14.8. The van der Waals surface area contributed by atoms with Crippen molar-refractivity contribution >= 4 is 5.91 Å². The highest BCUT2D eigenvalue weighted by Gasteiger charge is 2.20. The highest BCUT2D eigenvalue weighted by molar-refractivity contribution is 5.91. The monoisotopic (exact) mass is 421 g/mol. The third-order valence-corrected chi connectivity index (χ3v) is 4.99. The summed E-state index contributed by atoms with van der Waals surface area (Å²) < 4.78 is 2.18. The van der Waals surface area contributed by atoms with Crippen LogP contribution in [0, 0.1) is 13.8 Å². The van der Waals surface area contributed by atoms with Crippen molar-refractivity contribution in [2.75, 3.05) is 27.2 Å². The van der Waals surface area contributed by atoms with Crippen molar-refractivity contribution in [3.8, 4) is 5.69 Å². The van der Waals surface area contributed by atoms with Crippen molar-refractivity contribution in [2.45, 2.75) is 20.4 Å². The number of carbonyl (C=O) groups is 1. The van der Waals surface area contributed by atoms with E-state index in [0.717, 1.165) is 25.9 Å². The molecule has 0 aliphatic rings. The molecule has 3 aromatic rings. The van der Waals surface area contributed by atoms with Crippen LogP contribution in [0.3, 0.4) is 0 Å².